The van der Waals surface area contributed by atoms with Crippen LogP contribution in [0.25, 0.3) is 0 Å². The van der Waals surface area contributed by atoms with Crippen molar-refractivity contribution in [2.75, 3.05) is 5.75 Å². The molecule has 0 heterocycles. The summed E-state index contributed by atoms with van der Waals surface area (Å²) in [7, 11) is 0. The normalized spacial score (nSPS) is 10.5. The Morgan fingerprint density at radius 1 is 1.16 bits per heavy atom. The Morgan fingerprint density at radius 2 is 1.89 bits per heavy atom. The van der Waals surface area contributed by atoms with Crippen LogP contribution in [0.5, 0.6) is 0 Å². The van der Waals surface area contributed by atoms with Crippen molar-refractivity contribution in [2.24, 2.45) is 0 Å². The highest BCUT2D eigenvalue weighted by atomic mass is 32.2. The van der Waals surface area contributed by atoms with Crippen LogP contribution in [0.1, 0.15) is 21.5 Å². The van der Waals surface area contributed by atoms with Crippen LogP contribution in [0.2, 0.25) is 0 Å². The Balaban J connectivity index is 2.08. The van der Waals surface area contributed by atoms with Gasteiger partial charge in [-0.25, -0.2) is 4.39 Å². The molecule has 0 aliphatic carbocycles. The smallest absolute Gasteiger partial charge is 0.173 e. The number of hydrogen-bond acceptors (Lipinski definition) is 2. The minimum atomic E-state index is -0.274. The summed E-state index contributed by atoms with van der Waals surface area (Å²) >= 11 is 1.36. The summed E-state index contributed by atoms with van der Waals surface area (Å²) in [6.07, 6.45) is 0. The number of benzene rings is 2. The second-order valence-electron chi connectivity index (χ2n) is 4.42. The van der Waals surface area contributed by atoms with E-state index in [-0.39, 0.29) is 11.6 Å². The molecule has 0 unspecified atom stereocenters. The molecule has 0 aliphatic heterocycles. The maximum absolute atomic E-state index is 13.0. The SMILES string of the molecule is Cc1cccc(C(=O)CSc2cccc(F)c2)c1C. The van der Waals surface area contributed by atoms with Gasteiger partial charge in [0, 0.05) is 10.5 Å². The predicted molar refractivity (Wildman–Crippen MR) is 77.4 cm³/mol. The van der Waals surface area contributed by atoms with E-state index < -0.39 is 0 Å². The van der Waals surface area contributed by atoms with E-state index >= 15 is 0 Å². The molecule has 2 aromatic rings. The Morgan fingerprint density at radius 3 is 2.63 bits per heavy atom. The van der Waals surface area contributed by atoms with E-state index in [1.807, 2.05) is 38.1 Å². The number of halogens is 1. The molecule has 0 saturated carbocycles. The first-order valence-corrected chi connectivity index (χ1v) is 7.04. The zero-order chi connectivity index (χ0) is 13.8. The van der Waals surface area contributed by atoms with Crippen molar-refractivity contribution in [2.45, 2.75) is 18.7 Å². The molecule has 1 nitrogen and oxygen atoms in total. The summed E-state index contributed by atoms with van der Waals surface area (Å²) in [6, 6.07) is 12.0. The molecule has 0 saturated heterocycles. The number of carbonyl (C=O) groups excluding carboxylic acids is 1. The minimum absolute atomic E-state index is 0.0791. The van der Waals surface area contributed by atoms with Crippen LogP contribution in [0.15, 0.2) is 47.4 Å². The fraction of sp³-hybridized carbons (Fsp3) is 0.188. The molecule has 2 rings (SSSR count). The summed E-state index contributed by atoms with van der Waals surface area (Å²) in [5, 5.41) is 0. The fourth-order valence-corrected chi connectivity index (χ4v) is 2.66. The Kier molecular flexibility index (Phi) is 4.38. The van der Waals surface area contributed by atoms with Crippen molar-refractivity contribution >= 4 is 17.5 Å². The first-order chi connectivity index (χ1) is 9.08. The van der Waals surface area contributed by atoms with Crippen molar-refractivity contribution in [3.8, 4) is 0 Å². The standard InChI is InChI=1S/C16H15FOS/c1-11-5-3-8-15(12(11)2)16(18)10-19-14-7-4-6-13(17)9-14/h3-9H,10H2,1-2H3. The van der Waals surface area contributed by atoms with Crippen LogP contribution in [-0.4, -0.2) is 11.5 Å². The lowest BCUT2D eigenvalue weighted by atomic mass is 10.0. The number of ketones is 1. The third-order valence-electron chi connectivity index (χ3n) is 3.07. The van der Waals surface area contributed by atoms with Gasteiger partial charge in [-0.1, -0.05) is 24.3 Å². The first kappa shape index (κ1) is 13.8. The largest absolute Gasteiger partial charge is 0.293 e. The van der Waals surface area contributed by atoms with Crippen LogP contribution in [0.3, 0.4) is 0 Å². The van der Waals surface area contributed by atoms with E-state index in [9.17, 15) is 9.18 Å². The lowest BCUT2D eigenvalue weighted by Gasteiger charge is -2.07. The van der Waals surface area contributed by atoms with Crippen LogP contribution >= 0.6 is 11.8 Å². The van der Waals surface area contributed by atoms with Crippen LogP contribution < -0.4 is 0 Å². The van der Waals surface area contributed by atoms with E-state index in [1.54, 1.807) is 6.07 Å². The van der Waals surface area contributed by atoms with Gasteiger partial charge in [0.15, 0.2) is 5.78 Å². The average Bonchev–Trinajstić information content (AvgIpc) is 2.39. The number of hydrogen-bond donors (Lipinski definition) is 0. The lowest BCUT2D eigenvalue weighted by Crippen LogP contribution is -2.05. The van der Waals surface area contributed by atoms with Crippen molar-refractivity contribution in [1.82, 2.24) is 0 Å². The molecule has 0 radical (unpaired) electrons. The summed E-state index contributed by atoms with van der Waals surface area (Å²) in [4.78, 5) is 12.9. The highest BCUT2D eigenvalue weighted by Crippen LogP contribution is 2.21. The van der Waals surface area contributed by atoms with E-state index in [1.165, 1.54) is 23.9 Å². The van der Waals surface area contributed by atoms with E-state index in [2.05, 4.69) is 0 Å². The summed E-state index contributed by atoms with van der Waals surface area (Å²) in [5.74, 6) is 0.132. The molecule has 3 heteroatoms. The molecular formula is C16H15FOS. The third kappa shape index (κ3) is 3.44. The average molecular weight is 274 g/mol. The highest BCUT2D eigenvalue weighted by molar-refractivity contribution is 8.00. The highest BCUT2D eigenvalue weighted by Gasteiger charge is 2.10. The Hall–Kier alpha value is -1.61. The van der Waals surface area contributed by atoms with Gasteiger partial charge in [0.2, 0.25) is 0 Å². The maximum atomic E-state index is 13.0. The topological polar surface area (TPSA) is 17.1 Å². The summed E-state index contributed by atoms with van der Waals surface area (Å²) in [6.45, 7) is 3.95. The fourth-order valence-electron chi connectivity index (χ4n) is 1.84. The number of Topliss-reactive ketones (excluding diaryl/α,β-unsaturated/α-hetero) is 1. The molecule has 0 bridgehead atoms. The van der Waals surface area contributed by atoms with E-state index in [0.717, 1.165) is 21.6 Å². The molecule has 0 N–H and O–H groups in total. The number of aryl methyl sites for hydroxylation is 1. The minimum Gasteiger partial charge on any atom is -0.293 e. The van der Waals surface area contributed by atoms with Crippen molar-refractivity contribution in [1.29, 1.82) is 0 Å². The summed E-state index contributed by atoms with van der Waals surface area (Å²) in [5.41, 5.74) is 2.89. The number of rotatable bonds is 4. The van der Waals surface area contributed by atoms with Crippen molar-refractivity contribution in [3.63, 3.8) is 0 Å². The van der Waals surface area contributed by atoms with Crippen molar-refractivity contribution in [3.05, 3.63) is 65.0 Å². The maximum Gasteiger partial charge on any atom is 0.173 e. The molecule has 98 valence electrons. The van der Waals surface area contributed by atoms with Crippen LogP contribution in [-0.2, 0) is 0 Å². The van der Waals surface area contributed by atoms with Gasteiger partial charge in [-0.3, -0.25) is 4.79 Å². The third-order valence-corrected chi connectivity index (χ3v) is 4.06. The van der Waals surface area contributed by atoms with Gasteiger partial charge in [0.05, 0.1) is 5.75 Å². The molecule has 0 amide bonds. The van der Waals surface area contributed by atoms with Gasteiger partial charge in [-0.2, -0.15) is 0 Å². The van der Waals surface area contributed by atoms with Gasteiger partial charge >= 0.3 is 0 Å². The number of thioether (sulfide) groups is 1. The molecule has 0 aromatic heterocycles. The van der Waals surface area contributed by atoms with Gasteiger partial charge in [-0.05, 0) is 43.2 Å². The molecular weight excluding hydrogens is 259 g/mol. The van der Waals surface area contributed by atoms with Gasteiger partial charge < -0.3 is 0 Å². The zero-order valence-corrected chi connectivity index (χ0v) is 11.8. The predicted octanol–water partition coefficient (Wildman–Crippen LogP) is 4.42. The van der Waals surface area contributed by atoms with Gasteiger partial charge in [0.1, 0.15) is 5.82 Å². The van der Waals surface area contributed by atoms with Gasteiger partial charge in [0.25, 0.3) is 0 Å². The second-order valence-corrected chi connectivity index (χ2v) is 5.47. The zero-order valence-electron chi connectivity index (χ0n) is 10.9. The molecule has 0 fully saturated rings. The molecule has 2 aromatic carbocycles. The van der Waals surface area contributed by atoms with Crippen LogP contribution in [0.4, 0.5) is 4.39 Å². The Labute approximate surface area is 116 Å². The van der Waals surface area contributed by atoms with E-state index in [4.69, 9.17) is 0 Å². The van der Waals surface area contributed by atoms with E-state index in [0.29, 0.717) is 5.75 Å². The lowest BCUT2D eigenvalue weighted by molar-refractivity contribution is 0.102. The van der Waals surface area contributed by atoms with Gasteiger partial charge in [-0.15, -0.1) is 11.8 Å². The quantitative estimate of drug-likeness (QED) is 0.606. The molecule has 0 atom stereocenters. The molecule has 0 spiro atoms. The molecule has 19 heavy (non-hydrogen) atoms. The first-order valence-electron chi connectivity index (χ1n) is 6.05. The van der Waals surface area contributed by atoms with Crippen LogP contribution in [0, 0.1) is 19.7 Å². The molecule has 0 aliphatic rings. The summed E-state index contributed by atoms with van der Waals surface area (Å²) < 4.78 is 13.0. The monoisotopic (exact) mass is 274 g/mol. The number of carbonyl (C=O) groups is 1. The Bertz CT molecular complexity index is 607. The second kappa shape index (κ2) is 6.02. The van der Waals surface area contributed by atoms with Crippen molar-refractivity contribution < 1.29 is 9.18 Å².